The minimum absolute atomic E-state index is 0.0457. The lowest BCUT2D eigenvalue weighted by Gasteiger charge is -2.33. The second kappa shape index (κ2) is 5.52. The normalized spacial score (nSPS) is 18.0. The van der Waals surface area contributed by atoms with Gasteiger partial charge >= 0.3 is 5.97 Å². The molecule has 0 atom stereocenters. The Morgan fingerprint density at radius 2 is 2.26 bits per heavy atom. The van der Waals surface area contributed by atoms with Crippen molar-refractivity contribution >= 4 is 11.8 Å². The highest BCUT2D eigenvalue weighted by Crippen LogP contribution is 2.30. The SMILES string of the molecule is CC1(CNc2ncc(F)cc2C(=O)O)CCOCC1. The summed E-state index contributed by atoms with van der Waals surface area (Å²) in [7, 11) is 0. The maximum Gasteiger partial charge on any atom is 0.339 e. The van der Waals surface area contributed by atoms with Crippen LogP contribution in [0.2, 0.25) is 0 Å². The monoisotopic (exact) mass is 268 g/mol. The third-order valence-corrected chi connectivity index (χ3v) is 3.47. The number of carboxylic acids is 1. The summed E-state index contributed by atoms with van der Waals surface area (Å²) in [5, 5.41) is 12.0. The number of carboxylic acid groups (broad SMARTS) is 1. The first kappa shape index (κ1) is 13.7. The number of aromatic nitrogens is 1. The number of nitrogens with zero attached hydrogens (tertiary/aromatic N) is 1. The molecule has 0 bridgehead atoms. The van der Waals surface area contributed by atoms with Crippen LogP contribution in [0, 0.1) is 11.2 Å². The first-order chi connectivity index (χ1) is 9.00. The number of aromatic carboxylic acids is 1. The quantitative estimate of drug-likeness (QED) is 0.875. The van der Waals surface area contributed by atoms with E-state index in [9.17, 15) is 9.18 Å². The van der Waals surface area contributed by atoms with Gasteiger partial charge in [-0.2, -0.15) is 0 Å². The minimum Gasteiger partial charge on any atom is -0.478 e. The summed E-state index contributed by atoms with van der Waals surface area (Å²) in [5.74, 6) is -1.63. The van der Waals surface area contributed by atoms with Crippen LogP contribution in [0.1, 0.15) is 30.1 Å². The van der Waals surface area contributed by atoms with Gasteiger partial charge in [-0.15, -0.1) is 0 Å². The highest BCUT2D eigenvalue weighted by atomic mass is 19.1. The Morgan fingerprint density at radius 3 is 2.89 bits per heavy atom. The molecule has 1 aliphatic heterocycles. The van der Waals surface area contributed by atoms with Crippen LogP contribution in [0.15, 0.2) is 12.3 Å². The molecule has 1 aromatic rings. The van der Waals surface area contributed by atoms with Gasteiger partial charge in [-0.3, -0.25) is 0 Å². The number of carbonyl (C=O) groups is 1. The molecule has 2 heterocycles. The highest BCUT2D eigenvalue weighted by Gasteiger charge is 2.27. The van der Waals surface area contributed by atoms with Gasteiger partial charge in [0.05, 0.1) is 6.20 Å². The second-order valence-electron chi connectivity index (χ2n) is 5.13. The van der Waals surface area contributed by atoms with Gasteiger partial charge in [-0.1, -0.05) is 6.92 Å². The summed E-state index contributed by atoms with van der Waals surface area (Å²) in [5.41, 5.74) is -0.0972. The van der Waals surface area contributed by atoms with Crippen molar-refractivity contribution in [3.8, 4) is 0 Å². The van der Waals surface area contributed by atoms with Crippen LogP contribution in [0.5, 0.6) is 0 Å². The zero-order valence-corrected chi connectivity index (χ0v) is 10.8. The van der Waals surface area contributed by atoms with Crippen molar-refractivity contribution < 1.29 is 19.0 Å². The molecule has 1 fully saturated rings. The molecule has 0 unspecified atom stereocenters. The minimum atomic E-state index is -1.19. The summed E-state index contributed by atoms with van der Waals surface area (Å²) in [4.78, 5) is 14.9. The number of nitrogens with one attached hydrogen (secondary N) is 1. The highest BCUT2D eigenvalue weighted by molar-refractivity contribution is 5.93. The molecule has 0 saturated carbocycles. The Labute approximate surface area is 110 Å². The van der Waals surface area contributed by atoms with E-state index in [-0.39, 0.29) is 16.8 Å². The van der Waals surface area contributed by atoms with Gasteiger partial charge in [-0.05, 0) is 24.3 Å². The fourth-order valence-electron chi connectivity index (χ4n) is 2.08. The molecule has 1 aromatic heterocycles. The van der Waals surface area contributed by atoms with Crippen LogP contribution in [0.25, 0.3) is 0 Å². The van der Waals surface area contributed by atoms with Crippen molar-refractivity contribution in [2.75, 3.05) is 25.1 Å². The van der Waals surface area contributed by atoms with Crippen molar-refractivity contribution in [3.63, 3.8) is 0 Å². The lowest BCUT2D eigenvalue weighted by molar-refractivity contribution is 0.0299. The van der Waals surface area contributed by atoms with E-state index in [1.54, 1.807) is 0 Å². The van der Waals surface area contributed by atoms with Crippen LogP contribution in [-0.4, -0.2) is 35.8 Å². The van der Waals surface area contributed by atoms with Gasteiger partial charge < -0.3 is 15.2 Å². The molecule has 5 nitrogen and oxygen atoms in total. The van der Waals surface area contributed by atoms with E-state index < -0.39 is 11.8 Å². The first-order valence-electron chi connectivity index (χ1n) is 6.21. The van der Waals surface area contributed by atoms with Crippen LogP contribution in [0.3, 0.4) is 0 Å². The molecule has 0 radical (unpaired) electrons. The summed E-state index contributed by atoms with van der Waals surface area (Å²) in [6.07, 6.45) is 2.83. The number of ether oxygens (including phenoxy) is 1. The predicted molar refractivity (Wildman–Crippen MR) is 67.8 cm³/mol. The Bertz CT molecular complexity index is 473. The predicted octanol–water partition coefficient (Wildman–Crippen LogP) is 2.15. The Morgan fingerprint density at radius 1 is 1.58 bits per heavy atom. The van der Waals surface area contributed by atoms with E-state index in [4.69, 9.17) is 9.84 Å². The number of anilines is 1. The Balaban J connectivity index is 2.08. The third kappa shape index (κ3) is 3.41. The van der Waals surface area contributed by atoms with Gasteiger partial charge in [0, 0.05) is 19.8 Å². The molecular weight excluding hydrogens is 251 g/mol. The van der Waals surface area contributed by atoms with Crippen LogP contribution >= 0.6 is 0 Å². The van der Waals surface area contributed by atoms with E-state index >= 15 is 0 Å². The van der Waals surface area contributed by atoms with Gasteiger partial charge in [0.15, 0.2) is 0 Å². The molecule has 2 rings (SSSR count). The number of hydrogen-bond donors (Lipinski definition) is 2. The fourth-order valence-corrected chi connectivity index (χ4v) is 2.08. The second-order valence-corrected chi connectivity index (χ2v) is 5.13. The number of halogens is 1. The molecule has 0 amide bonds. The van der Waals surface area contributed by atoms with Crippen molar-refractivity contribution in [1.82, 2.24) is 4.98 Å². The maximum atomic E-state index is 13.0. The topological polar surface area (TPSA) is 71.5 Å². The van der Waals surface area contributed by atoms with Gasteiger partial charge in [0.25, 0.3) is 0 Å². The van der Waals surface area contributed by atoms with E-state index in [0.29, 0.717) is 19.8 Å². The summed E-state index contributed by atoms with van der Waals surface area (Å²) in [6, 6.07) is 0.976. The largest absolute Gasteiger partial charge is 0.478 e. The van der Waals surface area contributed by atoms with Gasteiger partial charge in [-0.25, -0.2) is 14.2 Å². The van der Waals surface area contributed by atoms with E-state index in [0.717, 1.165) is 25.1 Å². The number of rotatable bonds is 4. The zero-order chi connectivity index (χ0) is 13.9. The van der Waals surface area contributed by atoms with E-state index in [1.807, 2.05) is 0 Å². The molecule has 19 heavy (non-hydrogen) atoms. The zero-order valence-electron chi connectivity index (χ0n) is 10.8. The Hall–Kier alpha value is -1.69. The smallest absolute Gasteiger partial charge is 0.339 e. The Kier molecular flexibility index (Phi) is 3.99. The van der Waals surface area contributed by atoms with Crippen LogP contribution in [-0.2, 0) is 4.74 Å². The molecule has 0 spiro atoms. The molecule has 2 N–H and O–H groups in total. The van der Waals surface area contributed by atoms with Crippen molar-refractivity contribution in [2.24, 2.45) is 5.41 Å². The van der Waals surface area contributed by atoms with Crippen molar-refractivity contribution in [2.45, 2.75) is 19.8 Å². The van der Waals surface area contributed by atoms with E-state index in [1.165, 1.54) is 0 Å². The molecule has 104 valence electrons. The first-order valence-corrected chi connectivity index (χ1v) is 6.21. The fraction of sp³-hybridized carbons (Fsp3) is 0.538. The average Bonchev–Trinajstić information content (AvgIpc) is 2.38. The molecule has 0 aliphatic carbocycles. The van der Waals surface area contributed by atoms with Crippen molar-refractivity contribution in [1.29, 1.82) is 0 Å². The van der Waals surface area contributed by atoms with Crippen LogP contribution < -0.4 is 5.32 Å². The lowest BCUT2D eigenvalue weighted by atomic mass is 9.82. The number of pyridine rings is 1. The summed E-state index contributed by atoms with van der Waals surface area (Å²) in [6.45, 7) is 4.13. The molecule has 1 saturated heterocycles. The lowest BCUT2D eigenvalue weighted by Crippen LogP contribution is -2.33. The third-order valence-electron chi connectivity index (χ3n) is 3.47. The summed E-state index contributed by atoms with van der Waals surface area (Å²) >= 11 is 0. The maximum absolute atomic E-state index is 13.0. The molecule has 6 heteroatoms. The molecule has 0 aromatic carbocycles. The van der Waals surface area contributed by atoms with Gasteiger partial charge in [0.1, 0.15) is 17.2 Å². The molecule has 1 aliphatic rings. The standard InChI is InChI=1S/C13H17FN2O3/c1-13(2-4-19-5-3-13)8-16-11-10(12(17)18)6-9(14)7-15-11/h6-7H,2-5,8H2,1H3,(H,15,16)(H,17,18). The number of hydrogen-bond acceptors (Lipinski definition) is 4. The van der Waals surface area contributed by atoms with Crippen LogP contribution in [0.4, 0.5) is 10.2 Å². The average molecular weight is 268 g/mol. The summed E-state index contributed by atoms with van der Waals surface area (Å²) < 4.78 is 18.3. The van der Waals surface area contributed by atoms with Gasteiger partial charge in [0.2, 0.25) is 0 Å². The molecular formula is C13H17FN2O3. The van der Waals surface area contributed by atoms with Crippen molar-refractivity contribution in [3.05, 3.63) is 23.6 Å². The van der Waals surface area contributed by atoms with E-state index in [2.05, 4.69) is 17.2 Å².